The molecular weight excluding hydrogens is 434 g/mol. The molecule has 2 aliphatic rings. The molecule has 5 rings (SSSR count). The van der Waals surface area contributed by atoms with Crippen LogP contribution in [0.15, 0.2) is 91.0 Å². The number of hydrogen-bond acceptors (Lipinski definition) is 2. The zero-order chi connectivity index (χ0) is 23.8. The van der Waals surface area contributed by atoms with Crippen molar-refractivity contribution in [1.82, 2.24) is 4.90 Å². The van der Waals surface area contributed by atoms with Crippen molar-refractivity contribution in [3.05, 3.63) is 96.6 Å². The molecule has 1 saturated heterocycles. The van der Waals surface area contributed by atoms with Gasteiger partial charge >= 0.3 is 6.09 Å². The van der Waals surface area contributed by atoms with Crippen molar-refractivity contribution in [1.29, 1.82) is 0 Å². The molecular formula is C30H35NO2Si. The molecule has 3 aromatic carbocycles. The highest BCUT2D eigenvalue weighted by atomic mass is 28.3. The van der Waals surface area contributed by atoms with E-state index in [4.69, 9.17) is 4.74 Å². The summed E-state index contributed by atoms with van der Waals surface area (Å²) < 4.78 is 5.72. The van der Waals surface area contributed by atoms with Crippen LogP contribution in [0.5, 0.6) is 0 Å². The molecule has 1 heterocycles. The summed E-state index contributed by atoms with van der Waals surface area (Å²) in [6.45, 7) is 8.48. The standard InChI is InChI=1S/C30H35NO2Si/c1-30(2,3)34(26-15-9-5-10-16-26,27-17-11-6-12-18-27)28-20-25-19-24(28)21-31(25)29(32)33-22-23-13-7-4-8-14-23/h4-18,24-25,28H,19-22H2,1-3H3/t24-,25-,28?/m0/s1. The van der Waals surface area contributed by atoms with Crippen molar-refractivity contribution in [2.75, 3.05) is 6.54 Å². The van der Waals surface area contributed by atoms with E-state index in [2.05, 4.69) is 81.4 Å². The van der Waals surface area contributed by atoms with Crippen LogP contribution in [0.1, 0.15) is 39.2 Å². The van der Waals surface area contributed by atoms with Gasteiger partial charge in [-0.2, -0.15) is 0 Å². The molecule has 1 amide bonds. The van der Waals surface area contributed by atoms with Crippen LogP contribution >= 0.6 is 0 Å². The molecule has 2 bridgehead atoms. The Balaban J connectivity index is 1.44. The first-order valence-corrected chi connectivity index (χ1v) is 14.6. The second-order valence-electron chi connectivity index (χ2n) is 11.0. The summed E-state index contributed by atoms with van der Waals surface area (Å²) in [5.74, 6) is 0.514. The maximum absolute atomic E-state index is 13.0. The van der Waals surface area contributed by atoms with Gasteiger partial charge < -0.3 is 9.64 Å². The third kappa shape index (κ3) is 3.88. The Morgan fingerprint density at radius 2 is 1.38 bits per heavy atom. The predicted octanol–water partition coefficient (Wildman–Crippen LogP) is 5.85. The number of likely N-dealkylation sites (tertiary alicyclic amines) is 1. The number of rotatable bonds is 5. The Hall–Kier alpha value is -2.85. The summed E-state index contributed by atoms with van der Waals surface area (Å²) >= 11 is 0. The smallest absolute Gasteiger partial charge is 0.410 e. The van der Waals surface area contributed by atoms with Gasteiger partial charge in [0.15, 0.2) is 0 Å². The minimum atomic E-state index is -2.18. The van der Waals surface area contributed by atoms with Gasteiger partial charge in [0.1, 0.15) is 14.7 Å². The van der Waals surface area contributed by atoms with Crippen molar-refractivity contribution >= 4 is 24.5 Å². The molecule has 0 spiro atoms. The number of carbonyl (C=O) groups excluding carboxylic acids is 1. The molecule has 0 N–H and O–H groups in total. The quantitative estimate of drug-likeness (QED) is 0.439. The molecule has 2 fully saturated rings. The number of amides is 1. The summed E-state index contributed by atoms with van der Waals surface area (Å²) in [5, 5.41) is 3.18. The van der Waals surface area contributed by atoms with Gasteiger partial charge in [-0.05, 0) is 34.9 Å². The van der Waals surface area contributed by atoms with Gasteiger partial charge in [-0.15, -0.1) is 0 Å². The fourth-order valence-corrected chi connectivity index (χ4v) is 14.0. The molecule has 3 aromatic rings. The lowest BCUT2D eigenvalue weighted by Crippen LogP contribution is -2.68. The van der Waals surface area contributed by atoms with Crippen LogP contribution < -0.4 is 10.4 Å². The number of piperidine rings is 1. The Bertz CT molecular complexity index is 1070. The fraction of sp³-hybridized carbons (Fsp3) is 0.367. The van der Waals surface area contributed by atoms with Gasteiger partial charge in [-0.3, -0.25) is 0 Å². The molecule has 0 radical (unpaired) electrons. The molecule has 176 valence electrons. The lowest BCUT2D eigenvalue weighted by Gasteiger charge is -2.51. The van der Waals surface area contributed by atoms with Gasteiger partial charge in [0, 0.05) is 12.6 Å². The second-order valence-corrected chi connectivity index (χ2v) is 16.0. The van der Waals surface area contributed by atoms with E-state index in [9.17, 15) is 4.79 Å². The second kappa shape index (κ2) is 9.07. The molecule has 1 aliphatic carbocycles. The summed E-state index contributed by atoms with van der Waals surface area (Å²) in [5.41, 5.74) is 1.63. The molecule has 3 nitrogen and oxygen atoms in total. The van der Waals surface area contributed by atoms with Crippen LogP contribution in [0, 0.1) is 5.92 Å². The third-order valence-electron chi connectivity index (χ3n) is 8.18. The number of ether oxygens (including phenoxy) is 1. The molecule has 1 unspecified atom stereocenters. The van der Waals surface area contributed by atoms with Crippen LogP contribution in [0.3, 0.4) is 0 Å². The largest absolute Gasteiger partial charge is 0.445 e. The molecule has 3 atom stereocenters. The Morgan fingerprint density at radius 3 is 1.85 bits per heavy atom. The van der Waals surface area contributed by atoms with Gasteiger partial charge in [-0.1, -0.05) is 122 Å². The van der Waals surface area contributed by atoms with E-state index in [1.807, 2.05) is 35.2 Å². The molecule has 34 heavy (non-hydrogen) atoms. The minimum Gasteiger partial charge on any atom is -0.445 e. The number of nitrogens with zero attached hydrogens (tertiary/aromatic N) is 1. The minimum absolute atomic E-state index is 0.142. The molecule has 1 saturated carbocycles. The van der Waals surface area contributed by atoms with Crippen molar-refractivity contribution < 1.29 is 9.53 Å². The average Bonchev–Trinajstić information content (AvgIpc) is 3.46. The lowest BCUT2D eigenvalue weighted by molar-refractivity contribution is 0.0851. The lowest BCUT2D eigenvalue weighted by atomic mass is 10.1. The Morgan fingerprint density at radius 1 is 0.853 bits per heavy atom. The van der Waals surface area contributed by atoms with Gasteiger partial charge in [0.25, 0.3) is 0 Å². The van der Waals surface area contributed by atoms with Gasteiger partial charge in [0.2, 0.25) is 0 Å². The predicted molar refractivity (Wildman–Crippen MR) is 141 cm³/mol. The highest BCUT2D eigenvalue weighted by molar-refractivity contribution is 7.05. The van der Waals surface area contributed by atoms with E-state index in [1.54, 1.807) is 0 Å². The zero-order valence-corrected chi connectivity index (χ0v) is 21.5. The van der Waals surface area contributed by atoms with Crippen LogP contribution in [-0.4, -0.2) is 31.7 Å². The van der Waals surface area contributed by atoms with Crippen molar-refractivity contribution in [3.63, 3.8) is 0 Å². The first-order chi connectivity index (χ1) is 16.4. The van der Waals surface area contributed by atoms with E-state index in [-0.39, 0.29) is 17.2 Å². The van der Waals surface area contributed by atoms with E-state index in [0.717, 1.165) is 24.9 Å². The zero-order valence-electron chi connectivity index (χ0n) is 20.5. The summed E-state index contributed by atoms with van der Waals surface area (Å²) in [6, 6.07) is 32.7. The van der Waals surface area contributed by atoms with E-state index in [0.29, 0.717) is 18.1 Å². The summed E-state index contributed by atoms with van der Waals surface area (Å²) in [6.07, 6.45) is 2.01. The first kappa shape index (κ1) is 22.9. The normalized spacial score (nSPS) is 22.1. The molecule has 1 aliphatic heterocycles. The Labute approximate surface area is 204 Å². The van der Waals surface area contributed by atoms with Crippen molar-refractivity contribution in [3.8, 4) is 0 Å². The Kier molecular flexibility index (Phi) is 6.11. The maximum Gasteiger partial charge on any atom is 0.410 e. The average molecular weight is 470 g/mol. The first-order valence-electron chi connectivity index (χ1n) is 12.5. The van der Waals surface area contributed by atoms with Crippen LogP contribution in [-0.2, 0) is 11.3 Å². The van der Waals surface area contributed by atoms with Gasteiger partial charge in [0.05, 0.1) is 0 Å². The number of hydrogen-bond donors (Lipinski definition) is 0. The number of benzene rings is 3. The number of carbonyl (C=O) groups is 1. The van der Waals surface area contributed by atoms with Crippen molar-refractivity contribution in [2.45, 2.75) is 56.8 Å². The van der Waals surface area contributed by atoms with Crippen LogP contribution in [0.25, 0.3) is 0 Å². The molecule has 0 aromatic heterocycles. The van der Waals surface area contributed by atoms with Crippen molar-refractivity contribution in [2.24, 2.45) is 5.92 Å². The highest BCUT2D eigenvalue weighted by Gasteiger charge is 2.61. The van der Waals surface area contributed by atoms with Crippen LogP contribution in [0.2, 0.25) is 10.6 Å². The number of fused-ring (bicyclic) bond motifs is 2. The van der Waals surface area contributed by atoms with E-state index < -0.39 is 8.07 Å². The van der Waals surface area contributed by atoms with E-state index in [1.165, 1.54) is 10.4 Å². The topological polar surface area (TPSA) is 29.5 Å². The van der Waals surface area contributed by atoms with Crippen LogP contribution in [0.4, 0.5) is 4.79 Å². The fourth-order valence-electron chi connectivity index (χ4n) is 6.93. The summed E-state index contributed by atoms with van der Waals surface area (Å²) in [4.78, 5) is 15.0. The third-order valence-corrected chi connectivity index (χ3v) is 14.9. The molecule has 4 heteroatoms. The SMILES string of the molecule is CC(C)(C)[Si](c1ccccc1)(c1ccccc1)C1C[C@@H]2C[C@H]1CN2C(=O)OCc1ccccc1. The highest BCUT2D eigenvalue weighted by Crippen LogP contribution is 2.56. The summed E-state index contributed by atoms with van der Waals surface area (Å²) in [7, 11) is -2.18. The monoisotopic (exact) mass is 469 g/mol. The van der Waals surface area contributed by atoms with E-state index >= 15 is 0 Å². The maximum atomic E-state index is 13.0. The van der Waals surface area contributed by atoms with Gasteiger partial charge in [-0.25, -0.2) is 4.79 Å².